The molecule has 128 valence electrons. The number of likely N-dealkylation sites (N-methyl/N-ethyl adjacent to an activating group) is 1. The summed E-state index contributed by atoms with van der Waals surface area (Å²) in [4.78, 5) is 13.7. The molecule has 1 fully saturated rings. The Morgan fingerprint density at radius 3 is 2.52 bits per heavy atom. The molecule has 7 heteroatoms. The molecule has 0 aliphatic carbocycles. The fourth-order valence-corrected chi connectivity index (χ4v) is 3.43. The lowest BCUT2D eigenvalue weighted by atomic mass is 9.94. The van der Waals surface area contributed by atoms with Crippen LogP contribution >= 0.6 is 11.6 Å². The highest BCUT2D eigenvalue weighted by Crippen LogP contribution is 2.35. The van der Waals surface area contributed by atoms with E-state index in [1.54, 1.807) is 25.2 Å². The molecule has 6 nitrogen and oxygen atoms in total. The average molecular weight is 342 g/mol. The predicted octanol–water partition coefficient (Wildman–Crippen LogP) is 1.91. The van der Waals surface area contributed by atoms with Crippen molar-refractivity contribution in [2.24, 2.45) is 5.92 Å². The van der Waals surface area contributed by atoms with Gasteiger partial charge in [0.05, 0.1) is 7.11 Å². The van der Waals surface area contributed by atoms with Gasteiger partial charge in [0.15, 0.2) is 0 Å². The molecule has 1 heterocycles. The van der Waals surface area contributed by atoms with Crippen LogP contribution in [0.15, 0.2) is 18.2 Å². The van der Waals surface area contributed by atoms with Gasteiger partial charge in [-0.25, -0.2) is 0 Å². The number of carbonyl (C=O) groups is 1. The second kappa shape index (κ2) is 7.49. The quantitative estimate of drug-likeness (QED) is 0.734. The van der Waals surface area contributed by atoms with Gasteiger partial charge in [-0.1, -0.05) is 17.7 Å². The molecule has 23 heavy (non-hydrogen) atoms. The molecule has 0 saturated carbocycles. The van der Waals surface area contributed by atoms with Gasteiger partial charge < -0.3 is 9.84 Å². The van der Waals surface area contributed by atoms with Crippen LogP contribution in [-0.2, 0) is 4.79 Å². The van der Waals surface area contributed by atoms with E-state index < -0.39 is 12.0 Å². The monoisotopic (exact) mass is 341 g/mol. The second-order valence-corrected chi connectivity index (χ2v) is 6.47. The minimum Gasteiger partial charge on any atom is -0.496 e. The summed E-state index contributed by atoms with van der Waals surface area (Å²) in [5.41, 5.74) is 6.87. The minimum atomic E-state index is -0.946. The minimum absolute atomic E-state index is 0.259. The first-order valence-electron chi connectivity index (χ1n) is 7.63. The summed E-state index contributed by atoms with van der Waals surface area (Å²) in [7, 11) is 3.32. The highest BCUT2D eigenvalue weighted by Gasteiger charge is 2.36. The number of carboxylic acid groups (broad SMARTS) is 1. The highest BCUT2D eigenvalue weighted by molar-refractivity contribution is 6.31. The van der Waals surface area contributed by atoms with Crippen LogP contribution in [0, 0.1) is 5.92 Å². The lowest BCUT2D eigenvalue weighted by molar-refractivity contribution is -0.143. The van der Waals surface area contributed by atoms with Crippen LogP contribution < -0.4 is 15.6 Å². The van der Waals surface area contributed by atoms with E-state index in [4.69, 9.17) is 16.3 Å². The van der Waals surface area contributed by atoms with E-state index in [2.05, 4.69) is 24.7 Å². The topological polar surface area (TPSA) is 73.8 Å². The molecule has 3 N–H and O–H groups in total. The first-order chi connectivity index (χ1) is 10.9. The Hall–Kier alpha value is -1.34. The zero-order valence-electron chi connectivity index (χ0n) is 13.8. The number of halogens is 1. The number of aliphatic carboxylic acids is 1. The van der Waals surface area contributed by atoms with Crippen molar-refractivity contribution in [1.29, 1.82) is 0 Å². The molecule has 0 spiro atoms. The van der Waals surface area contributed by atoms with Crippen molar-refractivity contribution in [2.45, 2.75) is 32.0 Å². The molecule has 0 radical (unpaired) electrons. The molecular formula is C16H24ClN3O3. The van der Waals surface area contributed by atoms with Crippen LogP contribution in [0.1, 0.15) is 25.5 Å². The number of hydrogen-bond acceptors (Lipinski definition) is 5. The van der Waals surface area contributed by atoms with E-state index in [1.807, 2.05) is 4.90 Å². The Morgan fingerprint density at radius 1 is 1.39 bits per heavy atom. The Labute approximate surface area is 141 Å². The van der Waals surface area contributed by atoms with Gasteiger partial charge in [-0.05, 0) is 33.0 Å². The first kappa shape index (κ1) is 18.0. The van der Waals surface area contributed by atoms with E-state index in [9.17, 15) is 9.90 Å². The van der Waals surface area contributed by atoms with Crippen LogP contribution in [-0.4, -0.2) is 48.8 Å². The normalized spacial score (nSPS) is 25.6. The van der Waals surface area contributed by atoms with E-state index in [0.717, 1.165) is 0 Å². The van der Waals surface area contributed by atoms with Crippen LogP contribution in [0.4, 0.5) is 0 Å². The highest BCUT2D eigenvalue weighted by atomic mass is 35.5. The Bertz CT molecular complexity index is 560. The van der Waals surface area contributed by atoms with Gasteiger partial charge in [0.25, 0.3) is 0 Å². The maximum Gasteiger partial charge on any atom is 0.325 e. The van der Waals surface area contributed by atoms with Gasteiger partial charge in [0, 0.05) is 35.1 Å². The van der Waals surface area contributed by atoms with Gasteiger partial charge in [0.1, 0.15) is 11.8 Å². The van der Waals surface area contributed by atoms with Gasteiger partial charge in [-0.2, -0.15) is 0 Å². The van der Waals surface area contributed by atoms with Crippen molar-refractivity contribution in [2.75, 3.05) is 20.7 Å². The van der Waals surface area contributed by atoms with Crippen LogP contribution in [0.25, 0.3) is 0 Å². The lowest BCUT2D eigenvalue weighted by Gasteiger charge is -2.31. The maximum atomic E-state index is 11.9. The molecule has 0 amide bonds. The predicted molar refractivity (Wildman–Crippen MR) is 89.7 cm³/mol. The summed E-state index contributed by atoms with van der Waals surface area (Å²) < 4.78 is 5.32. The SMILES string of the molecule is COc1cccc(Cl)c1C(C(=O)O)N(C)CC1C(C)NNC1C. The number of carboxylic acids is 1. The summed E-state index contributed by atoms with van der Waals surface area (Å²) in [5.74, 6) is -0.172. The molecule has 1 saturated heterocycles. The lowest BCUT2D eigenvalue weighted by Crippen LogP contribution is -2.40. The Morgan fingerprint density at radius 2 is 2.00 bits per heavy atom. The Balaban J connectivity index is 2.30. The molecule has 3 unspecified atom stereocenters. The molecule has 2 rings (SSSR count). The zero-order chi connectivity index (χ0) is 17.1. The number of nitrogens with one attached hydrogen (secondary N) is 2. The number of benzene rings is 1. The number of rotatable bonds is 6. The molecule has 0 bridgehead atoms. The smallest absolute Gasteiger partial charge is 0.325 e. The number of hydrazine groups is 1. The van der Waals surface area contributed by atoms with E-state index in [-0.39, 0.29) is 18.0 Å². The van der Waals surface area contributed by atoms with E-state index in [1.165, 1.54) is 7.11 Å². The number of methoxy groups -OCH3 is 1. The molecular weight excluding hydrogens is 318 g/mol. The van der Waals surface area contributed by atoms with Gasteiger partial charge in [-0.15, -0.1) is 0 Å². The molecule has 1 aromatic rings. The second-order valence-electron chi connectivity index (χ2n) is 6.07. The largest absolute Gasteiger partial charge is 0.496 e. The van der Waals surface area contributed by atoms with Gasteiger partial charge in [-0.3, -0.25) is 20.5 Å². The average Bonchev–Trinajstić information content (AvgIpc) is 2.80. The van der Waals surface area contributed by atoms with Crippen molar-refractivity contribution in [1.82, 2.24) is 15.8 Å². The number of nitrogens with zero attached hydrogens (tertiary/aromatic N) is 1. The fourth-order valence-electron chi connectivity index (χ4n) is 3.16. The van der Waals surface area contributed by atoms with Crippen molar-refractivity contribution >= 4 is 17.6 Å². The van der Waals surface area contributed by atoms with Crippen LogP contribution in [0.2, 0.25) is 5.02 Å². The third-order valence-electron chi connectivity index (χ3n) is 4.50. The van der Waals surface area contributed by atoms with E-state index >= 15 is 0 Å². The summed E-state index contributed by atoms with van der Waals surface area (Å²) in [6.45, 7) is 4.79. The molecule has 1 aliphatic rings. The van der Waals surface area contributed by atoms with Gasteiger partial charge in [0.2, 0.25) is 0 Å². The number of hydrogen-bond donors (Lipinski definition) is 3. The van der Waals surface area contributed by atoms with Gasteiger partial charge >= 0.3 is 5.97 Å². The maximum absolute atomic E-state index is 11.9. The van der Waals surface area contributed by atoms with Crippen molar-refractivity contribution < 1.29 is 14.6 Å². The summed E-state index contributed by atoms with van der Waals surface area (Å²) in [5, 5.41) is 10.2. The zero-order valence-corrected chi connectivity index (χ0v) is 14.6. The Kier molecular flexibility index (Phi) is 5.86. The van der Waals surface area contributed by atoms with Crippen molar-refractivity contribution in [3.05, 3.63) is 28.8 Å². The summed E-state index contributed by atoms with van der Waals surface area (Å²) in [6, 6.07) is 4.82. The standard InChI is InChI=1S/C16H24ClN3O3/c1-9-11(10(2)19-18-9)8-20(3)15(16(21)22)14-12(17)6-5-7-13(14)23-4/h5-7,9-11,15,18-19H,8H2,1-4H3,(H,21,22). The molecule has 3 atom stereocenters. The third-order valence-corrected chi connectivity index (χ3v) is 4.83. The van der Waals surface area contributed by atoms with Crippen LogP contribution in [0.5, 0.6) is 5.75 Å². The molecule has 0 aromatic heterocycles. The fraction of sp³-hybridized carbons (Fsp3) is 0.562. The first-order valence-corrected chi connectivity index (χ1v) is 8.01. The summed E-state index contributed by atoms with van der Waals surface area (Å²) in [6.07, 6.45) is 0. The third kappa shape index (κ3) is 3.77. The van der Waals surface area contributed by atoms with Crippen molar-refractivity contribution in [3.8, 4) is 5.75 Å². The van der Waals surface area contributed by atoms with Crippen molar-refractivity contribution in [3.63, 3.8) is 0 Å². The number of ether oxygens (including phenoxy) is 1. The van der Waals surface area contributed by atoms with Crippen LogP contribution in [0.3, 0.4) is 0 Å². The summed E-state index contributed by atoms with van der Waals surface area (Å²) >= 11 is 6.27. The molecule has 1 aliphatic heterocycles. The molecule has 1 aromatic carbocycles. The van der Waals surface area contributed by atoms with E-state index in [0.29, 0.717) is 22.9 Å².